The third kappa shape index (κ3) is 1.54. The van der Waals surface area contributed by atoms with E-state index in [-0.39, 0.29) is 18.0 Å². The minimum absolute atomic E-state index is 0.0892. The number of H-pyrrole nitrogens is 1. The van der Waals surface area contributed by atoms with Gasteiger partial charge in [-0.05, 0) is 18.4 Å². The number of hydrogen-bond acceptors (Lipinski definition) is 5. The SMILES string of the molecule is CCOC(=O)c1[nH]c2ccsc2c1[N+](=O)[O-]. The lowest BCUT2D eigenvalue weighted by Gasteiger charge is -1.98. The first-order valence-corrected chi connectivity index (χ1v) is 5.43. The number of thiophene rings is 1. The van der Waals surface area contributed by atoms with Crippen molar-refractivity contribution < 1.29 is 14.5 Å². The highest BCUT2D eigenvalue weighted by molar-refractivity contribution is 7.17. The quantitative estimate of drug-likeness (QED) is 0.506. The normalized spacial score (nSPS) is 10.6. The van der Waals surface area contributed by atoms with Gasteiger partial charge < -0.3 is 9.72 Å². The van der Waals surface area contributed by atoms with E-state index in [1.807, 2.05) is 0 Å². The van der Waals surface area contributed by atoms with E-state index in [4.69, 9.17) is 4.74 Å². The second-order valence-corrected chi connectivity index (χ2v) is 3.91. The molecule has 2 heterocycles. The molecule has 2 rings (SSSR count). The fourth-order valence-corrected chi connectivity index (χ4v) is 2.30. The number of carbonyl (C=O) groups excluding carboxylic acids is 1. The molecule has 0 unspecified atom stereocenters. The number of hydrogen-bond donors (Lipinski definition) is 1. The summed E-state index contributed by atoms with van der Waals surface area (Å²) < 4.78 is 5.21. The lowest BCUT2D eigenvalue weighted by atomic mass is 10.3. The maximum atomic E-state index is 11.5. The largest absolute Gasteiger partial charge is 0.461 e. The van der Waals surface area contributed by atoms with E-state index in [1.54, 1.807) is 18.4 Å². The second kappa shape index (κ2) is 3.93. The number of nitro groups is 1. The Morgan fingerprint density at radius 3 is 3.06 bits per heavy atom. The Morgan fingerprint density at radius 1 is 1.69 bits per heavy atom. The predicted molar refractivity (Wildman–Crippen MR) is 58.8 cm³/mol. The van der Waals surface area contributed by atoms with Gasteiger partial charge in [-0.25, -0.2) is 4.79 Å². The van der Waals surface area contributed by atoms with Gasteiger partial charge >= 0.3 is 11.7 Å². The molecule has 0 aromatic carbocycles. The average molecular weight is 240 g/mol. The van der Waals surface area contributed by atoms with E-state index < -0.39 is 10.9 Å². The first-order valence-electron chi connectivity index (χ1n) is 4.55. The molecule has 0 spiro atoms. The van der Waals surface area contributed by atoms with Crippen molar-refractivity contribution in [2.45, 2.75) is 6.92 Å². The van der Waals surface area contributed by atoms with Gasteiger partial charge in [0.15, 0.2) is 0 Å². The van der Waals surface area contributed by atoms with E-state index in [9.17, 15) is 14.9 Å². The van der Waals surface area contributed by atoms with Gasteiger partial charge in [0.25, 0.3) is 0 Å². The van der Waals surface area contributed by atoms with Crippen LogP contribution in [0.15, 0.2) is 11.4 Å². The molecule has 0 saturated carbocycles. The Hall–Kier alpha value is -1.89. The Morgan fingerprint density at radius 2 is 2.44 bits per heavy atom. The summed E-state index contributed by atoms with van der Waals surface area (Å²) in [4.78, 5) is 24.5. The van der Waals surface area contributed by atoms with Gasteiger partial charge in [0.1, 0.15) is 4.70 Å². The maximum Gasteiger partial charge on any atom is 0.362 e. The molecule has 1 N–H and O–H groups in total. The molecule has 2 aromatic heterocycles. The summed E-state index contributed by atoms with van der Waals surface area (Å²) in [6.07, 6.45) is 0. The van der Waals surface area contributed by atoms with Crippen LogP contribution in [-0.4, -0.2) is 22.5 Å². The number of aromatic amines is 1. The van der Waals surface area contributed by atoms with Gasteiger partial charge in [0.2, 0.25) is 5.69 Å². The van der Waals surface area contributed by atoms with Crippen molar-refractivity contribution in [1.29, 1.82) is 0 Å². The smallest absolute Gasteiger partial charge is 0.362 e. The summed E-state index contributed by atoms with van der Waals surface area (Å²) >= 11 is 1.22. The molecule has 0 bridgehead atoms. The number of ether oxygens (including phenoxy) is 1. The molecule has 7 heteroatoms. The number of nitrogens with one attached hydrogen (secondary N) is 1. The van der Waals surface area contributed by atoms with Crippen LogP contribution in [0.25, 0.3) is 10.2 Å². The molecule has 0 atom stereocenters. The van der Waals surface area contributed by atoms with Crippen LogP contribution in [0.3, 0.4) is 0 Å². The Bertz CT molecular complexity index is 557. The monoisotopic (exact) mass is 240 g/mol. The van der Waals surface area contributed by atoms with Crippen LogP contribution in [0.1, 0.15) is 17.4 Å². The van der Waals surface area contributed by atoms with Gasteiger partial charge in [0.05, 0.1) is 17.0 Å². The van der Waals surface area contributed by atoms with E-state index in [1.165, 1.54) is 11.3 Å². The molecule has 0 aliphatic heterocycles. The van der Waals surface area contributed by atoms with Gasteiger partial charge in [-0.3, -0.25) is 10.1 Å². The van der Waals surface area contributed by atoms with Crippen molar-refractivity contribution in [3.8, 4) is 0 Å². The molecule has 0 radical (unpaired) electrons. The second-order valence-electron chi connectivity index (χ2n) is 2.99. The fraction of sp³-hybridized carbons (Fsp3) is 0.222. The molecule has 0 aliphatic rings. The van der Waals surface area contributed by atoms with Crippen LogP contribution in [0.5, 0.6) is 0 Å². The molecule has 6 nitrogen and oxygen atoms in total. The summed E-state index contributed by atoms with van der Waals surface area (Å²) in [5.74, 6) is -0.697. The van der Waals surface area contributed by atoms with Crippen LogP contribution in [-0.2, 0) is 4.74 Å². The zero-order chi connectivity index (χ0) is 11.7. The van der Waals surface area contributed by atoms with E-state index in [0.29, 0.717) is 10.2 Å². The van der Waals surface area contributed by atoms with Crippen molar-refractivity contribution in [2.75, 3.05) is 6.61 Å². The van der Waals surface area contributed by atoms with Gasteiger partial charge in [-0.15, -0.1) is 11.3 Å². The summed E-state index contributed by atoms with van der Waals surface area (Å²) in [5, 5.41) is 12.6. The summed E-state index contributed by atoms with van der Waals surface area (Å²) in [6.45, 7) is 1.83. The zero-order valence-corrected chi connectivity index (χ0v) is 9.17. The number of rotatable bonds is 3. The molecule has 0 saturated heterocycles. The highest BCUT2D eigenvalue weighted by atomic mass is 32.1. The van der Waals surface area contributed by atoms with E-state index >= 15 is 0 Å². The summed E-state index contributed by atoms with van der Waals surface area (Å²) in [5.41, 5.74) is 0.289. The molecular formula is C9H8N2O4S. The van der Waals surface area contributed by atoms with Crippen LogP contribution in [0.2, 0.25) is 0 Å². The zero-order valence-electron chi connectivity index (χ0n) is 8.35. The molecule has 0 fully saturated rings. The maximum absolute atomic E-state index is 11.5. The molecule has 16 heavy (non-hydrogen) atoms. The molecule has 84 valence electrons. The average Bonchev–Trinajstić information content (AvgIpc) is 2.74. The lowest BCUT2D eigenvalue weighted by Crippen LogP contribution is -2.07. The fourth-order valence-electron chi connectivity index (χ4n) is 1.42. The topological polar surface area (TPSA) is 85.2 Å². The Balaban J connectivity index is 2.59. The molecule has 2 aromatic rings. The minimum atomic E-state index is -0.697. The van der Waals surface area contributed by atoms with Crippen LogP contribution >= 0.6 is 11.3 Å². The number of fused-ring (bicyclic) bond motifs is 1. The van der Waals surface area contributed by atoms with Gasteiger partial charge in [0, 0.05) is 0 Å². The third-order valence-electron chi connectivity index (χ3n) is 2.04. The number of nitrogens with zero attached hydrogens (tertiary/aromatic N) is 1. The van der Waals surface area contributed by atoms with Crippen molar-refractivity contribution >= 4 is 33.2 Å². The standard InChI is InChI=1S/C9H8N2O4S/c1-2-15-9(12)6-7(11(13)14)8-5(10-6)3-4-16-8/h3-4,10H,2H2,1H3. The lowest BCUT2D eigenvalue weighted by molar-refractivity contribution is -0.383. The van der Waals surface area contributed by atoms with E-state index in [2.05, 4.69) is 4.98 Å². The van der Waals surface area contributed by atoms with Crippen LogP contribution < -0.4 is 0 Å². The molecule has 0 amide bonds. The van der Waals surface area contributed by atoms with Crippen LogP contribution in [0, 0.1) is 10.1 Å². The first-order chi connectivity index (χ1) is 7.65. The van der Waals surface area contributed by atoms with Crippen molar-refractivity contribution in [3.05, 3.63) is 27.3 Å². The van der Waals surface area contributed by atoms with Crippen molar-refractivity contribution in [2.24, 2.45) is 0 Å². The Kier molecular flexibility index (Phi) is 2.61. The highest BCUT2D eigenvalue weighted by Gasteiger charge is 2.28. The van der Waals surface area contributed by atoms with Gasteiger partial charge in [-0.2, -0.15) is 0 Å². The number of esters is 1. The first kappa shape index (κ1) is 10.6. The summed E-state index contributed by atoms with van der Waals surface area (Å²) in [6, 6.07) is 1.69. The highest BCUT2D eigenvalue weighted by Crippen LogP contribution is 2.34. The van der Waals surface area contributed by atoms with Crippen LogP contribution in [0.4, 0.5) is 5.69 Å². The summed E-state index contributed by atoms with van der Waals surface area (Å²) in [7, 11) is 0. The van der Waals surface area contributed by atoms with Crippen molar-refractivity contribution in [3.63, 3.8) is 0 Å². The van der Waals surface area contributed by atoms with Crippen molar-refractivity contribution in [1.82, 2.24) is 4.98 Å². The minimum Gasteiger partial charge on any atom is -0.461 e. The third-order valence-corrected chi connectivity index (χ3v) is 2.96. The number of aromatic nitrogens is 1. The predicted octanol–water partition coefficient (Wildman–Crippen LogP) is 2.31. The molecular weight excluding hydrogens is 232 g/mol. The molecule has 0 aliphatic carbocycles. The van der Waals surface area contributed by atoms with E-state index in [0.717, 1.165) is 0 Å². The number of carbonyl (C=O) groups is 1. The van der Waals surface area contributed by atoms with Gasteiger partial charge in [-0.1, -0.05) is 0 Å². The Labute approximate surface area is 94.0 Å².